The zero-order valence-electron chi connectivity index (χ0n) is 11.8. The molecule has 0 saturated carbocycles. The normalized spacial score (nSPS) is 13.0. The fourth-order valence-corrected chi connectivity index (χ4v) is 2.91. The number of aromatic nitrogens is 2. The fraction of sp³-hybridized carbons (Fsp3) is 0.188. The first kappa shape index (κ1) is 13.4. The highest BCUT2D eigenvalue weighted by molar-refractivity contribution is 6.30. The average Bonchev–Trinajstić information content (AvgIpc) is 3.10. The second kappa shape index (κ2) is 5.19. The van der Waals surface area contributed by atoms with Crippen LogP contribution in [0.3, 0.4) is 0 Å². The van der Waals surface area contributed by atoms with Gasteiger partial charge in [0.05, 0.1) is 11.0 Å². The molecule has 4 rings (SSSR count). The summed E-state index contributed by atoms with van der Waals surface area (Å²) < 4.78 is 13.0. The largest absolute Gasteiger partial charge is 0.454 e. The van der Waals surface area contributed by atoms with Gasteiger partial charge in [-0.25, -0.2) is 4.98 Å². The molecule has 5 nitrogen and oxygen atoms in total. The van der Waals surface area contributed by atoms with Crippen LogP contribution < -0.4 is 15.2 Å². The van der Waals surface area contributed by atoms with Gasteiger partial charge in [0.25, 0.3) is 0 Å². The van der Waals surface area contributed by atoms with Crippen LogP contribution in [0.25, 0.3) is 22.4 Å². The molecule has 0 radical (unpaired) electrons. The highest BCUT2D eigenvalue weighted by atomic mass is 35.5. The second-order valence-electron chi connectivity index (χ2n) is 5.08. The van der Waals surface area contributed by atoms with E-state index in [1.165, 1.54) is 0 Å². The molecule has 0 unspecified atom stereocenters. The summed E-state index contributed by atoms with van der Waals surface area (Å²) in [6, 6.07) is 11.5. The molecule has 22 heavy (non-hydrogen) atoms. The quantitative estimate of drug-likeness (QED) is 0.807. The Hall–Kier alpha value is -2.24. The predicted octanol–water partition coefficient (Wildman–Crippen LogP) is 3.04. The van der Waals surface area contributed by atoms with E-state index in [9.17, 15) is 0 Å². The Balaban J connectivity index is 1.96. The second-order valence-corrected chi connectivity index (χ2v) is 5.52. The summed E-state index contributed by atoms with van der Waals surface area (Å²) in [6.45, 7) is 1.44. The summed E-state index contributed by atoms with van der Waals surface area (Å²) in [4.78, 5) is 4.73. The van der Waals surface area contributed by atoms with Crippen molar-refractivity contribution in [1.82, 2.24) is 9.55 Å². The highest BCUT2D eigenvalue weighted by Gasteiger charge is 2.19. The number of rotatable bonds is 3. The minimum absolute atomic E-state index is 0.250. The molecule has 0 atom stereocenters. The number of benzene rings is 2. The molecule has 1 aliphatic rings. The number of hydrogen-bond acceptors (Lipinski definition) is 4. The van der Waals surface area contributed by atoms with Crippen molar-refractivity contribution >= 4 is 22.6 Å². The van der Waals surface area contributed by atoms with Gasteiger partial charge in [-0.3, -0.25) is 0 Å². The molecule has 0 bridgehead atoms. The molecular weight excluding hydrogens is 302 g/mol. The van der Waals surface area contributed by atoms with Gasteiger partial charge in [0, 0.05) is 35.8 Å². The van der Waals surface area contributed by atoms with Crippen molar-refractivity contribution in [3.8, 4) is 22.9 Å². The number of halogens is 1. The molecule has 3 aromatic rings. The predicted molar refractivity (Wildman–Crippen MR) is 85.4 cm³/mol. The van der Waals surface area contributed by atoms with Gasteiger partial charge in [-0.05, 0) is 12.1 Å². The van der Waals surface area contributed by atoms with Crippen LogP contribution in [0.5, 0.6) is 11.5 Å². The van der Waals surface area contributed by atoms with Gasteiger partial charge in [-0.1, -0.05) is 23.7 Å². The maximum absolute atomic E-state index is 6.10. The van der Waals surface area contributed by atoms with Crippen molar-refractivity contribution in [3.05, 3.63) is 41.4 Å². The zero-order valence-corrected chi connectivity index (χ0v) is 12.5. The van der Waals surface area contributed by atoms with Crippen LogP contribution >= 0.6 is 11.6 Å². The molecule has 0 fully saturated rings. The number of hydrogen-bond donors (Lipinski definition) is 1. The highest BCUT2D eigenvalue weighted by Crippen LogP contribution is 2.37. The van der Waals surface area contributed by atoms with Crippen LogP contribution in [0.4, 0.5) is 0 Å². The first-order valence-electron chi connectivity index (χ1n) is 7.02. The van der Waals surface area contributed by atoms with E-state index in [1.807, 2.05) is 36.4 Å². The first-order chi connectivity index (χ1) is 10.8. The van der Waals surface area contributed by atoms with Gasteiger partial charge in [0.15, 0.2) is 11.5 Å². The van der Waals surface area contributed by atoms with Crippen molar-refractivity contribution in [3.63, 3.8) is 0 Å². The topological polar surface area (TPSA) is 62.3 Å². The molecule has 1 aromatic heterocycles. The number of ether oxygens (including phenoxy) is 2. The average molecular weight is 316 g/mol. The number of nitrogens with two attached hydrogens (primary N) is 1. The maximum Gasteiger partial charge on any atom is 0.231 e. The summed E-state index contributed by atoms with van der Waals surface area (Å²) in [6.07, 6.45) is 0. The van der Waals surface area contributed by atoms with E-state index in [0.29, 0.717) is 18.1 Å². The van der Waals surface area contributed by atoms with Crippen molar-refractivity contribution in [2.24, 2.45) is 5.73 Å². The van der Waals surface area contributed by atoms with Crippen LogP contribution in [0.1, 0.15) is 0 Å². The summed E-state index contributed by atoms with van der Waals surface area (Å²) in [5.74, 6) is 2.30. The van der Waals surface area contributed by atoms with E-state index in [0.717, 1.165) is 33.9 Å². The molecule has 0 saturated heterocycles. The Morgan fingerprint density at radius 2 is 2.00 bits per heavy atom. The Morgan fingerprint density at radius 1 is 1.18 bits per heavy atom. The number of fused-ring (bicyclic) bond motifs is 2. The molecule has 6 heteroatoms. The van der Waals surface area contributed by atoms with Crippen molar-refractivity contribution in [2.75, 3.05) is 13.3 Å². The molecule has 2 N–H and O–H groups in total. The summed E-state index contributed by atoms with van der Waals surface area (Å²) >= 11 is 6.10. The summed E-state index contributed by atoms with van der Waals surface area (Å²) in [5, 5.41) is 0.679. The van der Waals surface area contributed by atoms with E-state index < -0.39 is 0 Å². The molecule has 0 amide bonds. The van der Waals surface area contributed by atoms with Gasteiger partial charge in [0.1, 0.15) is 5.82 Å². The van der Waals surface area contributed by atoms with Gasteiger partial charge in [0.2, 0.25) is 6.79 Å². The van der Waals surface area contributed by atoms with Gasteiger partial charge in [-0.15, -0.1) is 0 Å². The molecule has 1 aliphatic heterocycles. The monoisotopic (exact) mass is 315 g/mol. The lowest BCUT2D eigenvalue weighted by molar-refractivity contribution is 0.174. The molecule has 0 aliphatic carbocycles. The molecule has 2 aromatic carbocycles. The maximum atomic E-state index is 6.10. The molecule has 0 spiro atoms. The van der Waals surface area contributed by atoms with Gasteiger partial charge in [-0.2, -0.15) is 0 Å². The molecule has 2 heterocycles. The lowest BCUT2D eigenvalue weighted by Gasteiger charge is -2.08. The fourth-order valence-electron chi connectivity index (χ4n) is 2.72. The zero-order chi connectivity index (χ0) is 15.1. The third-order valence-electron chi connectivity index (χ3n) is 3.68. The van der Waals surface area contributed by atoms with E-state index in [4.69, 9.17) is 31.8 Å². The van der Waals surface area contributed by atoms with E-state index >= 15 is 0 Å². The first-order valence-corrected chi connectivity index (χ1v) is 7.40. The van der Waals surface area contributed by atoms with E-state index in [-0.39, 0.29) is 6.79 Å². The van der Waals surface area contributed by atoms with Crippen molar-refractivity contribution in [1.29, 1.82) is 0 Å². The minimum Gasteiger partial charge on any atom is -0.454 e. The molecule has 112 valence electrons. The Kier molecular flexibility index (Phi) is 3.17. The molecular formula is C16H14ClN3O2. The third-order valence-corrected chi connectivity index (χ3v) is 3.91. The van der Waals surface area contributed by atoms with Crippen LogP contribution in [0.15, 0.2) is 36.4 Å². The Bertz CT molecular complexity index is 860. The summed E-state index contributed by atoms with van der Waals surface area (Å²) in [7, 11) is 0. The lowest BCUT2D eigenvalue weighted by Crippen LogP contribution is -2.10. The van der Waals surface area contributed by atoms with Crippen LogP contribution in [-0.2, 0) is 6.54 Å². The lowest BCUT2D eigenvalue weighted by atomic mass is 10.2. The van der Waals surface area contributed by atoms with Gasteiger partial charge < -0.3 is 19.8 Å². The van der Waals surface area contributed by atoms with E-state index in [2.05, 4.69) is 4.57 Å². The van der Waals surface area contributed by atoms with Crippen molar-refractivity contribution < 1.29 is 9.47 Å². The SMILES string of the molecule is NCCn1c(-c2cccc(Cl)c2)nc2cc3c(cc21)OCO3. The summed E-state index contributed by atoms with van der Waals surface area (Å²) in [5.41, 5.74) is 8.56. The van der Waals surface area contributed by atoms with Gasteiger partial charge >= 0.3 is 0 Å². The smallest absolute Gasteiger partial charge is 0.231 e. The third kappa shape index (κ3) is 2.10. The standard InChI is InChI=1S/C16H14ClN3O2/c17-11-3-1-2-10(6-11)16-19-12-7-14-15(22-9-21-14)8-13(12)20(16)5-4-18/h1-3,6-8H,4-5,9,18H2. The Labute approximate surface area is 132 Å². The van der Waals surface area contributed by atoms with Crippen molar-refractivity contribution in [2.45, 2.75) is 6.54 Å². The number of nitrogens with zero attached hydrogens (tertiary/aromatic N) is 2. The number of imidazole rings is 1. The van der Waals surface area contributed by atoms with E-state index in [1.54, 1.807) is 0 Å². The van der Waals surface area contributed by atoms with Crippen LogP contribution in [0.2, 0.25) is 5.02 Å². The minimum atomic E-state index is 0.250. The van der Waals surface area contributed by atoms with Crippen LogP contribution in [-0.4, -0.2) is 22.9 Å². The van der Waals surface area contributed by atoms with Crippen LogP contribution in [0, 0.1) is 0 Å². The Morgan fingerprint density at radius 3 is 2.77 bits per heavy atom.